The van der Waals surface area contributed by atoms with Gasteiger partial charge < -0.3 is 0 Å². The van der Waals surface area contributed by atoms with Crippen LogP contribution in [0.5, 0.6) is 0 Å². The third-order valence-electron chi connectivity index (χ3n) is 2.16. The predicted molar refractivity (Wildman–Crippen MR) is 79.9 cm³/mol. The molecule has 0 unspecified atom stereocenters. The molecule has 0 aliphatic rings. The largest absolute Gasteiger partial charge is 0.0991 e. The van der Waals surface area contributed by atoms with E-state index in [0.29, 0.717) is 0 Å². The highest BCUT2D eigenvalue weighted by atomic mass is 14.0. The fourth-order valence-corrected chi connectivity index (χ4v) is 1.34. The molecule has 0 fully saturated rings. The van der Waals surface area contributed by atoms with E-state index >= 15 is 0 Å². The molecule has 0 radical (unpaired) electrons. The Hall–Kier alpha value is -0.780. The van der Waals surface area contributed by atoms with Crippen LogP contribution in [0.15, 0.2) is 37.0 Å². The first-order valence-electron chi connectivity index (χ1n) is 6.29. The molecule has 0 aromatic rings. The molecule has 0 saturated heterocycles. The smallest absolute Gasteiger partial charge is 0.0279 e. The maximum atomic E-state index is 3.78. The van der Waals surface area contributed by atoms with E-state index in [9.17, 15) is 0 Å². The van der Waals surface area contributed by atoms with Crippen molar-refractivity contribution in [3.63, 3.8) is 0 Å². The van der Waals surface area contributed by atoms with E-state index in [1.54, 1.807) is 0 Å². The molecule has 0 bridgehead atoms. The number of unbranched alkanes of at least 4 members (excludes halogenated alkanes) is 4. The van der Waals surface area contributed by atoms with E-state index in [1.165, 1.54) is 37.7 Å². The van der Waals surface area contributed by atoms with Gasteiger partial charge in [0, 0.05) is 0 Å². The summed E-state index contributed by atoms with van der Waals surface area (Å²) in [5, 5.41) is 0. The maximum Gasteiger partial charge on any atom is -0.0279 e. The molecule has 0 heterocycles. The van der Waals surface area contributed by atoms with Gasteiger partial charge in [0.25, 0.3) is 0 Å². The van der Waals surface area contributed by atoms with Crippen LogP contribution >= 0.6 is 0 Å². The van der Waals surface area contributed by atoms with E-state index in [4.69, 9.17) is 0 Å². The minimum Gasteiger partial charge on any atom is -0.0991 e. The summed E-state index contributed by atoms with van der Waals surface area (Å²) in [6, 6.07) is 0. The lowest BCUT2D eigenvalue weighted by atomic mass is 10.1. The van der Waals surface area contributed by atoms with E-state index in [1.807, 2.05) is 32.1 Å². The number of allylic oxidation sites excluding steroid dienone is 4. The van der Waals surface area contributed by atoms with Crippen molar-refractivity contribution >= 4 is 0 Å². The molecule has 0 heteroatoms. The fraction of sp³-hybridized carbons (Fsp3) is 0.625. The van der Waals surface area contributed by atoms with E-state index in [0.717, 1.165) is 6.42 Å². The zero-order valence-electron chi connectivity index (χ0n) is 10.9. The van der Waals surface area contributed by atoms with Crippen LogP contribution in [0.4, 0.5) is 0 Å². The van der Waals surface area contributed by atoms with Crippen LogP contribution in [0.1, 0.15) is 66.7 Å². The summed E-state index contributed by atoms with van der Waals surface area (Å²) in [6.07, 6.45) is 13.7. The quantitative estimate of drug-likeness (QED) is 0.335. The molecule has 0 aromatic carbocycles. The van der Waals surface area contributed by atoms with Crippen molar-refractivity contribution in [1.82, 2.24) is 0 Å². The Morgan fingerprint density at radius 2 is 1.56 bits per heavy atom. The standard InChI is InChI=1S/C13H22.C2H6.CH4/c1-4-7-8-9-10-12-13(6-3)11-5-2;1-2;/h5-6,11H,2-4,7-10,12H2,1H3;1-2H3;1H4/b13-11+;;. The Balaban J connectivity index is -0.000000529. The monoisotopic (exact) mass is 224 g/mol. The second-order valence-electron chi connectivity index (χ2n) is 3.35. The molecular formula is C16H32. The lowest BCUT2D eigenvalue weighted by Gasteiger charge is -2.00. The normalized spacial score (nSPS) is 9.56. The van der Waals surface area contributed by atoms with Gasteiger partial charge in [-0.25, -0.2) is 0 Å². The zero-order chi connectivity index (χ0) is 11.9. The molecule has 0 amide bonds. The van der Waals surface area contributed by atoms with Crippen LogP contribution in [-0.4, -0.2) is 0 Å². The Labute approximate surface area is 104 Å². The highest BCUT2D eigenvalue weighted by Crippen LogP contribution is 2.11. The summed E-state index contributed by atoms with van der Waals surface area (Å²) in [7, 11) is 0. The zero-order valence-corrected chi connectivity index (χ0v) is 10.9. The molecule has 0 spiro atoms. The minimum atomic E-state index is 0. The molecule has 0 aliphatic carbocycles. The topological polar surface area (TPSA) is 0 Å². The van der Waals surface area contributed by atoms with Crippen LogP contribution < -0.4 is 0 Å². The van der Waals surface area contributed by atoms with Gasteiger partial charge in [0.15, 0.2) is 0 Å². The molecule has 0 aliphatic heterocycles. The second-order valence-corrected chi connectivity index (χ2v) is 3.35. The van der Waals surface area contributed by atoms with Crippen molar-refractivity contribution in [2.24, 2.45) is 0 Å². The SMILES string of the molecule is C.C=C/C=C(\C=C)CCCCCCC.CC. The minimum absolute atomic E-state index is 0. The molecule has 96 valence electrons. The molecule has 0 rings (SSSR count). The molecule has 0 nitrogen and oxygen atoms in total. The van der Waals surface area contributed by atoms with Gasteiger partial charge in [-0.2, -0.15) is 0 Å². The number of rotatable bonds is 8. The maximum absolute atomic E-state index is 3.78. The van der Waals surface area contributed by atoms with Crippen molar-refractivity contribution in [2.45, 2.75) is 66.7 Å². The van der Waals surface area contributed by atoms with Crippen molar-refractivity contribution in [3.8, 4) is 0 Å². The average Bonchev–Trinajstić information content (AvgIpc) is 2.30. The van der Waals surface area contributed by atoms with Gasteiger partial charge in [-0.15, -0.1) is 0 Å². The Morgan fingerprint density at radius 3 is 2.00 bits per heavy atom. The number of hydrogen-bond donors (Lipinski definition) is 0. The van der Waals surface area contributed by atoms with Crippen LogP contribution in [0, 0.1) is 0 Å². The van der Waals surface area contributed by atoms with Crippen LogP contribution in [0.2, 0.25) is 0 Å². The van der Waals surface area contributed by atoms with E-state index in [2.05, 4.69) is 20.1 Å². The first-order valence-corrected chi connectivity index (χ1v) is 6.29. The van der Waals surface area contributed by atoms with Gasteiger partial charge in [-0.3, -0.25) is 0 Å². The third-order valence-corrected chi connectivity index (χ3v) is 2.16. The predicted octanol–water partition coefficient (Wildman–Crippen LogP) is 6.31. The third kappa shape index (κ3) is 15.7. The summed E-state index contributed by atoms with van der Waals surface area (Å²) in [5.74, 6) is 0. The van der Waals surface area contributed by atoms with Crippen LogP contribution in [0.25, 0.3) is 0 Å². The van der Waals surface area contributed by atoms with Crippen molar-refractivity contribution < 1.29 is 0 Å². The Kier molecular flexibility index (Phi) is 25.4. The van der Waals surface area contributed by atoms with E-state index < -0.39 is 0 Å². The average molecular weight is 224 g/mol. The highest BCUT2D eigenvalue weighted by molar-refractivity contribution is 5.20. The molecular weight excluding hydrogens is 192 g/mol. The molecule has 16 heavy (non-hydrogen) atoms. The summed E-state index contributed by atoms with van der Waals surface area (Å²) in [4.78, 5) is 0. The molecule has 0 atom stereocenters. The van der Waals surface area contributed by atoms with Gasteiger partial charge in [0.1, 0.15) is 0 Å². The van der Waals surface area contributed by atoms with Crippen molar-refractivity contribution in [3.05, 3.63) is 37.0 Å². The highest BCUT2D eigenvalue weighted by Gasteiger charge is 1.91. The van der Waals surface area contributed by atoms with Gasteiger partial charge in [0.2, 0.25) is 0 Å². The Morgan fingerprint density at radius 1 is 1.00 bits per heavy atom. The van der Waals surface area contributed by atoms with Crippen LogP contribution in [-0.2, 0) is 0 Å². The van der Waals surface area contributed by atoms with Gasteiger partial charge in [-0.1, -0.05) is 85.3 Å². The first-order chi connectivity index (χ1) is 7.35. The molecule has 0 N–H and O–H groups in total. The first kappa shape index (κ1) is 20.6. The number of hydrogen-bond acceptors (Lipinski definition) is 0. The van der Waals surface area contributed by atoms with Crippen LogP contribution in [0.3, 0.4) is 0 Å². The van der Waals surface area contributed by atoms with Gasteiger partial charge in [0.05, 0.1) is 0 Å². The van der Waals surface area contributed by atoms with Gasteiger partial charge >= 0.3 is 0 Å². The van der Waals surface area contributed by atoms with E-state index in [-0.39, 0.29) is 7.43 Å². The summed E-state index contributed by atoms with van der Waals surface area (Å²) >= 11 is 0. The fourth-order valence-electron chi connectivity index (χ4n) is 1.34. The second kappa shape index (κ2) is 19.7. The summed E-state index contributed by atoms with van der Waals surface area (Å²) in [6.45, 7) is 13.7. The summed E-state index contributed by atoms with van der Waals surface area (Å²) < 4.78 is 0. The van der Waals surface area contributed by atoms with Crippen molar-refractivity contribution in [1.29, 1.82) is 0 Å². The molecule has 0 saturated carbocycles. The lowest BCUT2D eigenvalue weighted by Crippen LogP contribution is -1.81. The summed E-state index contributed by atoms with van der Waals surface area (Å²) in [5.41, 5.74) is 1.31. The molecule has 0 aromatic heterocycles. The Bertz CT molecular complexity index is 163. The van der Waals surface area contributed by atoms with Crippen molar-refractivity contribution in [2.75, 3.05) is 0 Å². The lowest BCUT2D eigenvalue weighted by molar-refractivity contribution is 0.633. The van der Waals surface area contributed by atoms with Gasteiger partial charge in [-0.05, 0) is 18.4 Å².